The van der Waals surface area contributed by atoms with Gasteiger partial charge in [-0.25, -0.2) is 0 Å². The van der Waals surface area contributed by atoms with Crippen LogP contribution in [0.4, 0.5) is 0 Å². The number of hydrogen-bond acceptors (Lipinski definition) is 2. The smallest absolute Gasteiger partial charge is 0.166 e. The molecule has 0 saturated heterocycles. The molecule has 0 unspecified atom stereocenters. The van der Waals surface area contributed by atoms with Gasteiger partial charge in [0.15, 0.2) is 5.78 Å². The Kier molecular flexibility index (Phi) is 5.11. The molecule has 0 heterocycles. The molecule has 102 valence electrons. The second-order valence-corrected chi connectivity index (χ2v) is 4.89. The average Bonchev–Trinajstić information content (AvgIpc) is 2.34. The van der Waals surface area contributed by atoms with E-state index in [2.05, 4.69) is 6.58 Å². The summed E-state index contributed by atoms with van der Waals surface area (Å²) >= 11 is 0. The summed E-state index contributed by atoms with van der Waals surface area (Å²) in [6.07, 6.45) is 2.63. The molecule has 2 heteroatoms. The van der Waals surface area contributed by atoms with Gasteiger partial charge in [-0.2, -0.15) is 0 Å². The monoisotopic (exact) mass is 258 g/mol. The first-order chi connectivity index (χ1) is 8.92. The lowest BCUT2D eigenvalue weighted by Crippen LogP contribution is -2.04. The van der Waals surface area contributed by atoms with E-state index in [-0.39, 0.29) is 11.5 Å². The number of hydrogen-bond donors (Lipinski definition) is 1. The van der Waals surface area contributed by atoms with Gasteiger partial charge in [-0.15, -0.1) is 0 Å². The van der Waals surface area contributed by atoms with Crippen LogP contribution < -0.4 is 0 Å². The number of aliphatic hydroxyl groups is 1. The zero-order chi connectivity index (χ0) is 14.6. The van der Waals surface area contributed by atoms with Crippen molar-refractivity contribution in [2.24, 2.45) is 0 Å². The molecule has 0 fully saturated rings. The number of benzene rings is 1. The minimum atomic E-state index is -0.0624. The highest BCUT2D eigenvalue weighted by molar-refractivity contribution is 6.03. The van der Waals surface area contributed by atoms with Gasteiger partial charge in [0.25, 0.3) is 0 Å². The van der Waals surface area contributed by atoms with Crippen molar-refractivity contribution in [1.82, 2.24) is 0 Å². The molecule has 19 heavy (non-hydrogen) atoms. The molecule has 1 N–H and O–H groups in total. The van der Waals surface area contributed by atoms with Crippen molar-refractivity contribution in [2.75, 3.05) is 0 Å². The normalized spacial score (nSPS) is 12.0. The van der Waals surface area contributed by atoms with Crippen LogP contribution in [-0.2, 0) is 4.79 Å². The first kappa shape index (κ1) is 15.2. The van der Waals surface area contributed by atoms with Crippen LogP contribution >= 0.6 is 0 Å². The summed E-state index contributed by atoms with van der Waals surface area (Å²) in [6.45, 7) is 11.5. The van der Waals surface area contributed by atoms with E-state index < -0.39 is 0 Å². The van der Waals surface area contributed by atoms with Crippen LogP contribution in [0.5, 0.6) is 0 Å². The molecule has 0 radical (unpaired) electrons. The van der Waals surface area contributed by atoms with E-state index in [1.54, 1.807) is 0 Å². The van der Waals surface area contributed by atoms with E-state index in [0.717, 1.165) is 17.5 Å². The van der Waals surface area contributed by atoms with Crippen molar-refractivity contribution < 1.29 is 9.90 Å². The van der Waals surface area contributed by atoms with Crippen molar-refractivity contribution in [1.29, 1.82) is 0 Å². The Bertz CT molecular complexity index is 536. The SMILES string of the molecule is C=C/C(C(=O)CCC)=C(/O)c1cc(C)c(C)cc1C. The van der Waals surface area contributed by atoms with Gasteiger partial charge < -0.3 is 5.11 Å². The molecular formula is C17H22O2. The molecule has 0 aliphatic heterocycles. The van der Waals surface area contributed by atoms with Crippen LogP contribution in [0.1, 0.15) is 42.0 Å². The number of ketones is 1. The topological polar surface area (TPSA) is 37.3 Å². The predicted octanol–water partition coefficient (Wildman–Crippen LogP) is 4.44. The van der Waals surface area contributed by atoms with Crippen molar-refractivity contribution in [3.05, 3.63) is 52.6 Å². The maximum atomic E-state index is 12.0. The first-order valence-corrected chi connectivity index (χ1v) is 6.59. The summed E-state index contributed by atoms with van der Waals surface area (Å²) in [6, 6.07) is 3.94. The van der Waals surface area contributed by atoms with Crippen LogP contribution in [0.3, 0.4) is 0 Å². The zero-order valence-electron chi connectivity index (χ0n) is 12.2. The Hall–Kier alpha value is -1.83. The minimum absolute atomic E-state index is 0.0362. The van der Waals surface area contributed by atoms with Crippen LogP contribution in [0.25, 0.3) is 5.76 Å². The van der Waals surface area contributed by atoms with Gasteiger partial charge in [-0.1, -0.05) is 25.6 Å². The van der Waals surface area contributed by atoms with Crippen molar-refractivity contribution in [3.8, 4) is 0 Å². The zero-order valence-corrected chi connectivity index (χ0v) is 12.2. The third-order valence-corrected chi connectivity index (χ3v) is 3.33. The number of allylic oxidation sites excluding steroid dienone is 2. The van der Waals surface area contributed by atoms with Crippen molar-refractivity contribution >= 4 is 11.5 Å². The summed E-state index contributed by atoms with van der Waals surface area (Å²) in [5.74, 6) is -0.0262. The molecule has 0 atom stereocenters. The third kappa shape index (κ3) is 3.34. The van der Waals surface area contributed by atoms with Gasteiger partial charge in [-0.05, 0) is 49.9 Å². The fourth-order valence-corrected chi connectivity index (χ4v) is 2.07. The van der Waals surface area contributed by atoms with Gasteiger partial charge in [0, 0.05) is 12.0 Å². The molecule has 0 saturated carbocycles. The molecule has 0 aromatic heterocycles. The van der Waals surface area contributed by atoms with Gasteiger partial charge in [0.1, 0.15) is 5.76 Å². The minimum Gasteiger partial charge on any atom is -0.507 e. The number of Topliss-reactive ketones (excluding diaryl/α,β-unsaturated/α-hetero) is 1. The molecule has 0 aliphatic carbocycles. The van der Waals surface area contributed by atoms with E-state index in [1.807, 2.05) is 39.8 Å². The van der Waals surface area contributed by atoms with Gasteiger partial charge in [0.05, 0.1) is 5.57 Å². The number of carbonyl (C=O) groups is 1. The summed E-state index contributed by atoms with van der Waals surface area (Å²) in [7, 11) is 0. The second kappa shape index (κ2) is 6.37. The van der Waals surface area contributed by atoms with E-state index >= 15 is 0 Å². The van der Waals surface area contributed by atoms with Crippen molar-refractivity contribution in [2.45, 2.75) is 40.5 Å². The lowest BCUT2D eigenvalue weighted by Gasteiger charge is -2.12. The highest BCUT2D eigenvalue weighted by Crippen LogP contribution is 2.25. The lowest BCUT2D eigenvalue weighted by molar-refractivity contribution is -0.115. The van der Waals surface area contributed by atoms with E-state index in [0.29, 0.717) is 17.6 Å². The molecule has 0 spiro atoms. The molecule has 0 amide bonds. The molecule has 2 nitrogen and oxygen atoms in total. The maximum absolute atomic E-state index is 12.0. The largest absolute Gasteiger partial charge is 0.507 e. The Morgan fingerprint density at radius 2 is 1.79 bits per heavy atom. The summed E-state index contributed by atoms with van der Waals surface area (Å²) in [4.78, 5) is 12.0. The van der Waals surface area contributed by atoms with Gasteiger partial charge >= 0.3 is 0 Å². The molecule has 1 rings (SSSR count). The summed E-state index contributed by atoms with van der Waals surface area (Å²) < 4.78 is 0. The fraction of sp³-hybridized carbons (Fsp3) is 0.353. The Labute approximate surface area is 115 Å². The van der Waals surface area contributed by atoms with E-state index in [4.69, 9.17) is 0 Å². The molecular weight excluding hydrogens is 236 g/mol. The van der Waals surface area contributed by atoms with Crippen molar-refractivity contribution in [3.63, 3.8) is 0 Å². The standard InChI is InChI=1S/C17H22O2/c1-6-8-16(18)14(7-2)17(19)15-10-12(4)11(3)9-13(15)5/h7,9-10,19H,2,6,8H2,1,3-5H3/b17-14-. The number of rotatable bonds is 5. The third-order valence-electron chi connectivity index (χ3n) is 3.33. The number of aryl methyl sites for hydroxylation is 3. The molecule has 1 aromatic carbocycles. The van der Waals surface area contributed by atoms with Crippen LogP contribution in [0.15, 0.2) is 30.4 Å². The summed E-state index contributed by atoms with van der Waals surface area (Å²) in [5.41, 5.74) is 4.26. The second-order valence-electron chi connectivity index (χ2n) is 4.89. The predicted molar refractivity (Wildman–Crippen MR) is 80.3 cm³/mol. The Morgan fingerprint density at radius 1 is 1.21 bits per heavy atom. The highest BCUT2D eigenvalue weighted by Gasteiger charge is 2.15. The Balaban J connectivity index is 3.37. The lowest BCUT2D eigenvalue weighted by atomic mass is 9.95. The average molecular weight is 258 g/mol. The fourth-order valence-electron chi connectivity index (χ4n) is 2.07. The van der Waals surface area contributed by atoms with Crippen LogP contribution in [0.2, 0.25) is 0 Å². The number of aliphatic hydroxyl groups excluding tert-OH is 1. The summed E-state index contributed by atoms with van der Waals surface area (Å²) in [5, 5.41) is 10.4. The number of carbonyl (C=O) groups excluding carboxylic acids is 1. The molecule has 0 aliphatic rings. The quantitative estimate of drug-likeness (QED) is 0.481. The first-order valence-electron chi connectivity index (χ1n) is 6.59. The Morgan fingerprint density at radius 3 is 2.32 bits per heavy atom. The van der Waals surface area contributed by atoms with Crippen LogP contribution in [0, 0.1) is 20.8 Å². The van der Waals surface area contributed by atoms with E-state index in [9.17, 15) is 9.90 Å². The molecule has 0 bridgehead atoms. The highest BCUT2D eigenvalue weighted by atomic mass is 16.3. The van der Waals surface area contributed by atoms with Gasteiger partial charge in [0.2, 0.25) is 0 Å². The molecule has 1 aromatic rings. The maximum Gasteiger partial charge on any atom is 0.166 e. The van der Waals surface area contributed by atoms with E-state index in [1.165, 1.54) is 11.6 Å². The van der Waals surface area contributed by atoms with Crippen LogP contribution in [-0.4, -0.2) is 10.9 Å². The van der Waals surface area contributed by atoms with Gasteiger partial charge in [-0.3, -0.25) is 4.79 Å².